The lowest BCUT2D eigenvalue weighted by Crippen LogP contribution is -2.38. The molecule has 0 N–H and O–H groups in total. The molecule has 2 nitrogen and oxygen atoms in total. The first-order valence-corrected chi connectivity index (χ1v) is 5.87. The number of rotatable bonds is 6. The molecule has 0 bridgehead atoms. The van der Waals surface area contributed by atoms with Crippen molar-refractivity contribution >= 4 is 6.29 Å². The number of aldehydes is 1. The lowest BCUT2D eigenvalue weighted by molar-refractivity contribution is -0.116. The maximum absolute atomic E-state index is 11.1. The van der Waals surface area contributed by atoms with Gasteiger partial charge in [-0.25, -0.2) is 0 Å². The van der Waals surface area contributed by atoms with Gasteiger partial charge in [0.2, 0.25) is 0 Å². The first-order chi connectivity index (χ1) is 6.72. The summed E-state index contributed by atoms with van der Waals surface area (Å²) in [6, 6.07) is 0. The van der Waals surface area contributed by atoms with Crippen LogP contribution in [-0.2, 0) is 4.79 Å². The van der Waals surface area contributed by atoms with Crippen molar-refractivity contribution in [2.75, 3.05) is 20.1 Å². The molecular formula is C13H27NO. The minimum atomic E-state index is -0.172. The average molecular weight is 213 g/mol. The van der Waals surface area contributed by atoms with Gasteiger partial charge in [-0.3, -0.25) is 0 Å². The lowest BCUT2D eigenvalue weighted by atomic mass is 9.86. The highest BCUT2D eigenvalue weighted by Gasteiger charge is 2.25. The second-order valence-electron chi connectivity index (χ2n) is 6.25. The van der Waals surface area contributed by atoms with Gasteiger partial charge in [0.15, 0.2) is 0 Å². The van der Waals surface area contributed by atoms with E-state index in [0.717, 1.165) is 32.2 Å². The smallest absolute Gasteiger partial charge is 0.127 e. The fraction of sp³-hybridized carbons (Fsp3) is 0.923. The molecule has 0 amide bonds. The predicted octanol–water partition coefficient (Wildman–Crippen LogP) is 2.97. The third-order valence-electron chi connectivity index (χ3n) is 2.48. The van der Waals surface area contributed by atoms with Crippen molar-refractivity contribution < 1.29 is 4.79 Å². The molecule has 0 fully saturated rings. The van der Waals surface area contributed by atoms with Crippen molar-refractivity contribution in [1.29, 1.82) is 0 Å². The summed E-state index contributed by atoms with van der Waals surface area (Å²) < 4.78 is 0. The number of nitrogens with zero attached hydrogens (tertiary/aromatic N) is 1. The molecule has 0 aromatic carbocycles. The Bertz CT molecular complexity index is 195. The Hall–Kier alpha value is -0.370. The second-order valence-corrected chi connectivity index (χ2v) is 6.25. The van der Waals surface area contributed by atoms with Gasteiger partial charge in [-0.05, 0) is 18.9 Å². The molecule has 0 radical (unpaired) electrons. The van der Waals surface area contributed by atoms with Gasteiger partial charge in [0.1, 0.15) is 6.29 Å². The summed E-state index contributed by atoms with van der Waals surface area (Å²) in [5.41, 5.74) is 0.125. The van der Waals surface area contributed by atoms with Crippen LogP contribution in [0.5, 0.6) is 0 Å². The van der Waals surface area contributed by atoms with Gasteiger partial charge in [-0.15, -0.1) is 0 Å². The summed E-state index contributed by atoms with van der Waals surface area (Å²) in [5, 5.41) is 0. The molecule has 0 aliphatic carbocycles. The Morgan fingerprint density at radius 3 is 2.00 bits per heavy atom. The summed E-state index contributed by atoms with van der Waals surface area (Å²) in [6.07, 6.45) is 3.17. The van der Waals surface area contributed by atoms with Gasteiger partial charge in [0.05, 0.1) is 0 Å². The van der Waals surface area contributed by atoms with E-state index < -0.39 is 0 Å². The Kier molecular flexibility index (Phi) is 5.50. The van der Waals surface area contributed by atoms with Crippen molar-refractivity contribution in [3.8, 4) is 0 Å². The van der Waals surface area contributed by atoms with Gasteiger partial charge in [0.25, 0.3) is 0 Å². The van der Waals surface area contributed by atoms with Crippen LogP contribution in [0.15, 0.2) is 0 Å². The van der Waals surface area contributed by atoms with E-state index in [1.165, 1.54) is 0 Å². The minimum absolute atomic E-state index is 0.172. The van der Waals surface area contributed by atoms with Crippen LogP contribution in [0.4, 0.5) is 0 Å². The SMILES string of the molecule is CCCC(C)(C=O)CN(C)CC(C)(C)C. The first kappa shape index (κ1) is 14.6. The van der Waals surface area contributed by atoms with E-state index in [1.807, 2.05) is 0 Å². The maximum Gasteiger partial charge on any atom is 0.127 e. The van der Waals surface area contributed by atoms with E-state index in [4.69, 9.17) is 0 Å². The molecule has 0 aromatic rings. The van der Waals surface area contributed by atoms with Crippen molar-refractivity contribution in [3.05, 3.63) is 0 Å². The minimum Gasteiger partial charge on any atom is -0.305 e. The summed E-state index contributed by atoms with van der Waals surface area (Å²) in [6.45, 7) is 12.8. The van der Waals surface area contributed by atoms with Gasteiger partial charge in [-0.2, -0.15) is 0 Å². The highest BCUT2D eigenvalue weighted by Crippen LogP contribution is 2.23. The van der Waals surface area contributed by atoms with Crippen LogP contribution in [0.1, 0.15) is 47.5 Å². The summed E-state index contributed by atoms with van der Waals surface area (Å²) in [5.74, 6) is 0. The Morgan fingerprint density at radius 1 is 1.13 bits per heavy atom. The number of carbonyl (C=O) groups is 1. The molecule has 1 unspecified atom stereocenters. The van der Waals surface area contributed by atoms with E-state index in [2.05, 4.69) is 46.6 Å². The zero-order chi connectivity index (χ0) is 12.1. The van der Waals surface area contributed by atoms with Crippen LogP contribution < -0.4 is 0 Å². The van der Waals surface area contributed by atoms with E-state index in [1.54, 1.807) is 0 Å². The van der Waals surface area contributed by atoms with Gasteiger partial charge < -0.3 is 9.69 Å². The number of hydrogen-bond donors (Lipinski definition) is 0. The first-order valence-electron chi connectivity index (χ1n) is 5.87. The summed E-state index contributed by atoms with van der Waals surface area (Å²) in [7, 11) is 2.10. The second kappa shape index (κ2) is 5.64. The van der Waals surface area contributed by atoms with Crippen LogP contribution in [0, 0.1) is 10.8 Å². The third kappa shape index (κ3) is 6.67. The lowest BCUT2D eigenvalue weighted by Gasteiger charge is -2.32. The van der Waals surface area contributed by atoms with Crippen molar-refractivity contribution in [1.82, 2.24) is 4.90 Å². The van der Waals surface area contributed by atoms with Gasteiger partial charge in [-0.1, -0.05) is 41.0 Å². The molecule has 90 valence electrons. The number of carbonyl (C=O) groups excluding carboxylic acids is 1. The van der Waals surface area contributed by atoms with Crippen LogP contribution in [0.3, 0.4) is 0 Å². The molecule has 2 heteroatoms. The Labute approximate surface area is 95.0 Å². The molecule has 0 saturated carbocycles. The molecule has 0 aliphatic heterocycles. The van der Waals surface area contributed by atoms with E-state index in [-0.39, 0.29) is 5.41 Å². The van der Waals surface area contributed by atoms with Gasteiger partial charge in [0, 0.05) is 18.5 Å². The molecule has 0 saturated heterocycles. The zero-order valence-electron chi connectivity index (χ0n) is 11.3. The van der Waals surface area contributed by atoms with Crippen LogP contribution >= 0.6 is 0 Å². The largest absolute Gasteiger partial charge is 0.305 e. The fourth-order valence-corrected chi connectivity index (χ4v) is 2.23. The summed E-state index contributed by atoms with van der Waals surface area (Å²) in [4.78, 5) is 13.4. The van der Waals surface area contributed by atoms with Gasteiger partial charge >= 0.3 is 0 Å². The standard InChI is InChI=1S/C13H27NO/c1-7-8-13(5,11-15)10-14(6)9-12(2,3)4/h11H,7-10H2,1-6H3. The zero-order valence-corrected chi connectivity index (χ0v) is 11.3. The van der Waals surface area contributed by atoms with E-state index in [9.17, 15) is 4.79 Å². The maximum atomic E-state index is 11.1. The Morgan fingerprint density at radius 2 is 1.67 bits per heavy atom. The summed E-state index contributed by atoms with van der Waals surface area (Å²) >= 11 is 0. The molecular weight excluding hydrogens is 186 g/mol. The van der Waals surface area contributed by atoms with Crippen LogP contribution in [0.25, 0.3) is 0 Å². The number of hydrogen-bond acceptors (Lipinski definition) is 2. The molecule has 1 atom stereocenters. The molecule has 15 heavy (non-hydrogen) atoms. The molecule has 0 aromatic heterocycles. The monoisotopic (exact) mass is 213 g/mol. The molecule has 0 aliphatic rings. The normalized spacial score (nSPS) is 16.5. The van der Waals surface area contributed by atoms with Crippen LogP contribution in [-0.4, -0.2) is 31.3 Å². The van der Waals surface area contributed by atoms with Crippen LogP contribution in [0.2, 0.25) is 0 Å². The van der Waals surface area contributed by atoms with Crippen molar-refractivity contribution in [2.24, 2.45) is 10.8 Å². The molecule has 0 spiro atoms. The fourth-order valence-electron chi connectivity index (χ4n) is 2.23. The third-order valence-corrected chi connectivity index (χ3v) is 2.48. The average Bonchev–Trinajstić information content (AvgIpc) is 2.00. The van der Waals surface area contributed by atoms with Crippen molar-refractivity contribution in [3.63, 3.8) is 0 Å². The molecule has 0 rings (SSSR count). The highest BCUT2D eigenvalue weighted by atomic mass is 16.1. The van der Waals surface area contributed by atoms with E-state index >= 15 is 0 Å². The Balaban J connectivity index is 4.24. The highest BCUT2D eigenvalue weighted by molar-refractivity contribution is 5.58. The van der Waals surface area contributed by atoms with E-state index in [0.29, 0.717) is 5.41 Å². The topological polar surface area (TPSA) is 20.3 Å². The quantitative estimate of drug-likeness (QED) is 0.632. The molecule has 0 heterocycles. The predicted molar refractivity (Wildman–Crippen MR) is 66.0 cm³/mol. The van der Waals surface area contributed by atoms with Crippen molar-refractivity contribution in [2.45, 2.75) is 47.5 Å².